The van der Waals surface area contributed by atoms with E-state index in [1.807, 2.05) is 13.8 Å². The summed E-state index contributed by atoms with van der Waals surface area (Å²) in [5.41, 5.74) is 5.75. The summed E-state index contributed by atoms with van der Waals surface area (Å²) in [6, 6.07) is 3.37. The molecule has 0 fully saturated rings. The molecule has 3 N–H and O–H groups in total. The summed E-state index contributed by atoms with van der Waals surface area (Å²) >= 11 is 5.75. The highest BCUT2D eigenvalue weighted by atomic mass is 35.5. The third kappa shape index (κ3) is 3.98. The number of hydrogen-bond donors (Lipinski definition) is 2. The summed E-state index contributed by atoms with van der Waals surface area (Å²) in [4.78, 5) is 11.4. The largest absolute Gasteiger partial charge is 0.368 e. The minimum Gasteiger partial charge on any atom is -0.368 e. The van der Waals surface area contributed by atoms with E-state index in [1.165, 1.54) is 18.2 Å². The first-order chi connectivity index (χ1) is 7.93. The van der Waals surface area contributed by atoms with Crippen LogP contribution in [-0.4, -0.2) is 11.9 Å². The normalized spacial score (nSPS) is 14.4. The Labute approximate surface area is 105 Å². The molecule has 0 heterocycles. The highest BCUT2D eigenvalue weighted by Crippen LogP contribution is 2.20. The van der Waals surface area contributed by atoms with E-state index in [4.69, 9.17) is 17.3 Å². The molecule has 1 aromatic carbocycles. The van der Waals surface area contributed by atoms with Crippen LogP contribution in [0.25, 0.3) is 0 Å². The van der Waals surface area contributed by atoms with Crippen LogP contribution in [0, 0.1) is 5.82 Å². The number of primary amides is 1. The van der Waals surface area contributed by atoms with Gasteiger partial charge >= 0.3 is 0 Å². The topological polar surface area (TPSA) is 55.1 Å². The van der Waals surface area contributed by atoms with Crippen LogP contribution < -0.4 is 11.1 Å². The fraction of sp³-hybridized carbons (Fsp3) is 0.417. The van der Waals surface area contributed by atoms with Crippen molar-refractivity contribution in [1.82, 2.24) is 5.32 Å². The quantitative estimate of drug-likeness (QED) is 0.852. The van der Waals surface area contributed by atoms with Crippen LogP contribution in [0.15, 0.2) is 18.2 Å². The number of amides is 1. The molecule has 0 saturated carbocycles. The molecule has 0 aliphatic carbocycles. The molecule has 17 heavy (non-hydrogen) atoms. The lowest BCUT2D eigenvalue weighted by atomic mass is 10.0. The highest BCUT2D eigenvalue weighted by molar-refractivity contribution is 6.30. The van der Waals surface area contributed by atoms with Gasteiger partial charge in [-0.3, -0.25) is 10.1 Å². The maximum absolute atomic E-state index is 13.2. The van der Waals surface area contributed by atoms with Crippen molar-refractivity contribution in [3.8, 4) is 0 Å². The number of carbonyl (C=O) groups is 1. The average molecular weight is 259 g/mol. The zero-order valence-electron chi connectivity index (χ0n) is 9.84. The summed E-state index contributed by atoms with van der Waals surface area (Å²) in [7, 11) is 0. The first kappa shape index (κ1) is 13.9. The van der Waals surface area contributed by atoms with E-state index in [1.54, 1.807) is 0 Å². The van der Waals surface area contributed by atoms with E-state index in [0.29, 0.717) is 5.56 Å². The van der Waals surface area contributed by atoms with Crippen molar-refractivity contribution in [3.63, 3.8) is 0 Å². The summed E-state index contributed by atoms with van der Waals surface area (Å²) in [5, 5.41) is 3.28. The molecular formula is C12H16ClFN2O. The lowest BCUT2D eigenvalue weighted by molar-refractivity contribution is -0.120. The van der Waals surface area contributed by atoms with Gasteiger partial charge in [0.05, 0.1) is 0 Å². The van der Waals surface area contributed by atoms with Crippen molar-refractivity contribution >= 4 is 17.5 Å². The zero-order valence-corrected chi connectivity index (χ0v) is 10.6. The molecule has 94 valence electrons. The molecular weight excluding hydrogens is 243 g/mol. The smallest absolute Gasteiger partial charge is 0.239 e. The second-order valence-corrected chi connectivity index (χ2v) is 4.45. The van der Waals surface area contributed by atoms with Gasteiger partial charge in [-0.05, 0) is 37.1 Å². The minimum atomic E-state index is -0.724. The van der Waals surface area contributed by atoms with E-state index in [9.17, 15) is 9.18 Å². The second-order valence-electron chi connectivity index (χ2n) is 4.01. The van der Waals surface area contributed by atoms with Gasteiger partial charge in [-0.25, -0.2) is 4.39 Å². The van der Waals surface area contributed by atoms with Crippen molar-refractivity contribution in [2.45, 2.75) is 32.4 Å². The summed E-state index contributed by atoms with van der Waals surface area (Å²) in [6.07, 6.45) is 0.840. The summed E-state index contributed by atoms with van der Waals surface area (Å²) < 4.78 is 13.2. The molecule has 0 radical (unpaired) electrons. The maximum Gasteiger partial charge on any atom is 0.239 e. The number of benzene rings is 1. The molecule has 1 rings (SSSR count). The molecule has 0 bridgehead atoms. The van der Waals surface area contributed by atoms with Crippen LogP contribution in [0.4, 0.5) is 4.39 Å². The monoisotopic (exact) mass is 258 g/mol. The molecule has 3 nitrogen and oxygen atoms in total. The predicted octanol–water partition coefficient (Wildman–Crippen LogP) is 2.39. The van der Waals surface area contributed by atoms with Crippen LogP contribution in [0.1, 0.15) is 31.9 Å². The Kier molecular flexibility index (Phi) is 4.90. The Balaban J connectivity index is 3.01. The molecule has 1 amide bonds. The van der Waals surface area contributed by atoms with E-state index in [-0.39, 0.29) is 11.1 Å². The Hall–Kier alpha value is -1.13. The van der Waals surface area contributed by atoms with Crippen molar-refractivity contribution in [3.05, 3.63) is 34.6 Å². The number of carbonyl (C=O) groups excluding carboxylic acids is 1. The molecule has 0 saturated heterocycles. The summed E-state index contributed by atoms with van der Waals surface area (Å²) in [6.45, 7) is 3.91. The summed E-state index contributed by atoms with van der Waals surface area (Å²) in [5.74, 6) is -1.03. The number of nitrogens with one attached hydrogen (secondary N) is 1. The lowest BCUT2D eigenvalue weighted by Crippen LogP contribution is -2.38. The van der Waals surface area contributed by atoms with E-state index >= 15 is 0 Å². The SMILES string of the molecule is CCC(C)NC(C(N)=O)c1cc(F)cc(Cl)c1. The number of rotatable bonds is 5. The zero-order chi connectivity index (χ0) is 13.0. The Morgan fingerprint density at radius 3 is 2.65 bits per heavy atom. The third-order valence-electron chi connectivity index (χ3n) is 2.57. The van der Waals surface area contributed by atoms with Gasteiger partial charge in [0.2, 0.25) is 5.91 Å². The van der Waals surface area contributed by atoms with Crippen molar-refractivity contribution in [1.29, 1.82) is 0 Å². The van der Waals surface area contributed by atoms with Crippen molar-refractivity contribution in [2.24, 2.45) is 5.73 Å². The first-order valence-corrected chi connectivity index (χ1v) is 5.83. The Morgan fingerprint density at radius 2 is 2.18 bits per heavy atom. The third-order valence-corrected chi connectivity index (χ3v) is 2.78. The van der Waals surface area contributed by atoms with Crippen LogP contribution in [-0.2, 0) is 4.79 Å². The fourth-order valence-corrected chi connectivity index (χ4v) is 1.72. The number of hydrogen-bond acceptors (Lipinski definition) is 2. The van der Waals surface area contributed by atoms with Gasteiger partial charge in [0.15, 0.2) is 0 Å². The molecule has 0 spiro atoms. The standard InChI is InChI=1S/C12H16ClFN2O/c1-3-7(2)16-11(12(15)17)8-4-9(13)6-10(14)5-8/h4-7,11,16H,3H2,1-2H3,(H2,15,17). The fourth-order valence-electron chi connectivity index (χ4n) is 1.49. The van der Waals surface area contributed by atoms with Gasteiger partial charge in [-0.2, -0.15) is 0 Å². The van der Waals surface area contributed by atoms with Crippen LogP contribution in [0.5, 0.6) is 0 Å². The lowest BCUT2D eigenvalue weighted by Gasteiger charge is -2.20. The molecule has 2 atom stereocenters. The minimum absolute atomic E-state index is 0.106. The number of halogens is 2. The van der Waals surface area contributed by atoms with Gasteiger partial charge in [0.1, 0.15) is 11.9 Å². The van der Waals surface area contributed by atoms with Gasteiger partial charge < -0.3 is 5.73 Å². The van der Waals surface area contributed by atoms with Gasteiger partial charge in [0, 0.05) is 11.1 Å². The molecule has 0 aliphatic rings. The molecule has 5 heteroatoms. The predicted molar refractivity (Wildman–Crippen MR) is 66.2 cm³/mol. The second kappa shape index (κ2) is 5.98. The van der Waals surface area contributed by atoms with Gasteiger partial charge in [-0.1, -0.05) is 18.5 Å². The van der Waals surface area contributed by atoms with Gasteiger partial charge in [0.25, 0.3) is 0 Å². The van der Waals surface area contributed by atoms with Crippen LogP contribution in [0.2, 0.25) is 5.02 Å². The molecule has 0 aromatic heterocycles. The molecule has 0 aliphatic heterocycles. The van der Waals surface area contributed by atoms with E-state index < -0.39 is 17.8 Å². The van der Waals surface area contributed by atoms with Crippen LogP contribution >= 0.6 is 11.6 Å². The first-order valence-electron chi connectivity index (χ1n) is 5.45. The Morgan fingerprint density at radius 1 is 1.53 bits per heavy atom. The van der Waals surface area contributed by atoms with Crippen LogP contribution in [0.3, 0.4) is 0 Å². The van der Waals surface area contributed by atoms with Crippen molar-refractivity contribution in [2.75, 3.05) is 0 Å². The average Bonchev–Trinajstić information content (AvgIpc) is 2.23. The van der Waals surface area contributed by atoms with Gasteiger partial charge in [-0.15, -0.1) is 0 Å². The maximum atomic E-state index is 13.2. The van der Waals surface area contributed by atoms with E-state index in [2.05, 4.69) is 5.32 Å². The molecule has 2 unspecified atom stereocenters. The van der Waals surface area contributed by atoms with Crippen molar-refractivity contribution < 1.29 is 9.18 Å². The Bertz CT molecular complexity index is 391. The molecule has 1 aromatic rings. The van der Waals surface area contributed by atoms with E-state index in [0.717, 1.165) is 6.42 Å². The highest BCUT2D eigenvalue weighted by Gasteiger charge is 2.20. The number of nitrogens with two attached hydrogens (primary N) is 1.